The van der Waals surface area contributed by atoms with Crippen LogP contribution in [-0.2, 0) is 96.3 Å². The van der Waals surface area contributed by atoms with Crippen molar-refractivity contribution in [3.63, 3.8) is 0 Å². The number of rotatable bonds is 31. The maximum atomic E-state index is 14.9. The lowest BCUT2D eigenvalue weighted by Crippen LogP contribution is -2.50. The fourth-order valence-electron chi connectivity index (χ4n) is 12.4. The molecule has 86 heavy (non-hydrogen) atoms. The molecule has 2 spiro atoms. The number of hydrogen-bond donors (Lipinski definition) is 0. The van der Waals surface area contributed by atoms with Crippen molar-refractivity contribution in [3.05, 3.63) is 166 Å². The second-order valence-electron chi connectivity index (χ2n) is 20.1. The first-order chi connectivity index (χ1) is 42.2. The first-order valence-corrected chi connectivity index (χ1v) is 28.3. The van der Waals surface area contributed by atoms with Gasteiger partial charge in [-0.15, -0.1) is 0 Å². The van der Waals surface area contributed by atoms with E-state index in [1.54, 1.807) is 26.4 Å². The summed E-state index contributed by atoms with van der Waals surface area (Å²) in [5, 5.41) is 13.4. The lowest BCUT2D eigenvalue weighted by Gasteiger charge is -2.41. The van der Waals surface area contributed by atoms with Crippen LogP contribution < -0.4 is 0 Å². The molecule has 0 amide bonds. The number of nitrogens with zero attached hydrogens (tertiary/aromatic N) is 4. The molecule has 4 heterocycles. The first-order valence-electron chi connectivity index (χ1n) is 28.3. The number of methoxy groups -OCH3 is 6. The lowest BCUT2D eigenvalue weighted by atomic mass is 9.67. The van der Waals surface area contributed by atoms with Crippen molar-refractivity contribution in [2.75, 3.05) is 148 Å². The SMILES string of the molecule is COCCOCCOCCOCCOC1=CC(C2=NN3C(C(=O)OC)=C(C(=O)OC)C4(c5ccccc5-c5ccccc54)C3C(OCCOCCOCCOCCOC)=C2)=NN2C(C(=O)OC)=C(C(=O)OC)C3(c4ccccc4-c4ccccc43)C12. The van der Waals surface area contributed by atoms with E-state index in [1.165, 1.54) is 38.5 Å². The van der Waals surface area contributed by atoms with Gasteiger partial charge in [0.2, 0.25) is 0 Å². The molecule has 22 heteroatoms. The molecule has 4 aromatic rings. The van der Waals surface area contributed by atoms with Crippen LogP contribution in [0.3, 0.4) is 0 Å². The van der Waals surface area contributed by atoms with Gasteiger partial charge in [-0.05, 0) is 44.5 Å². The van der Waals surface area contributed by atoms with Crippen molar-refractivity contribution in [2.24, 2.45) is 10.2 Å². The number of allylic oxidation sites excluding steroid dienone is 2. The molecule has 4 aliphatic heterocycles. The standard InChI is InChI=1S/C64H70N4O18/c1-73-23-25-79-27-29-81-31-33-83-35-37-85-51-39-49(65-67-55(61(71)77-5)53(59(69)75-3)63(57(51)67)45-19-11-7-15-41(45)42-16-8-12-20-46(42)63)50-40-52(86-38-36-84-34-32-82-30-28-80-26-24-74-2)58-64(54(60(70)76-4)56(62(72)78-6)68(58)66-50)47-21-13-9-17-43(47)44-18-10-14-22-48(44)64/h7-22,39-40,57-58H,23-38H2,1-6H3. The molecule has 2 aliphatic carbocycles. The van der Waals surface area contributed by atoms with Crippen LogP contribution >= 0.6 is 0 Å². The highest BCUT2D eigenvalue weighted by Crippen LogP contribution is 2.64. The molecule has 22 nitrogen and oxygen atoms in total. The van der Waals surface area contributed by atoms with Crippen LogP contribution in [0, 0.1) is 0 Å². The molecule has 4 aromatic carbocycles. The van der Waals surface area contributed by atoms with Gasteiger partial charge < -0.3 is 66.3 Å². The largest absolute Gasteiger partial charge is 0.493 e. The molecule has 2 atom stereocenters. The quantitative estimate of drug-likeness (QED) is 0.0348. The first kappa shape index (κ1) is 61.0. The van der Waals surface area contributed by atoms with E-state index in [9.17, 15) is 19.2 Å². The molecular weight excluding hydrogens is 1110 g/mol. The molecule has 2 unspecified atom stereocenters. The lowest BCUT2D eigenvalue weighted by molar-refractivity contribution is -0.140. The molecule has 6 aliphatic rings. The second-order valence-corrected chi connectivity index (χ2v) is 20.1. The number of carbonyl (C=O) groups excluding carboxylic acids is 4. The smallest absolute Gasteiger partial charge is 0.356 e. The second kappa shape index (κ2) is 28.0. The highest BCUT2D eigenvalue weighted by molar-refractivity contribution is 6.50. The maximum Gasteiger partial charge on any atom is 0.356 e. The van der Waals surface area contributed by atoms with Gasteiger partial charge in [0.25, 0.3) is 0 Å². The molecule has 0 N–H and O–H groups in total. The van der Waals surface area contributed by atoms with Crippen LogP contribution in [0.25, 0.3) is 22.3 Å². The van der Waals surface area contributed by atoms with Crippen LogP contribution in [-0.4, -0.2) is 206 Å². The zero-order chi connectivity index (χ0) is 60.2. The van der Waals surface area contributed by atoms with Gasteiger partial charge >= 0.3 is 23.9 Å². The number of ether oxygens (including phenoxy) is 14. The topological polar surface area (TPSA) is 229 Å². The Morgan fingerprint density at radius 2 is 0.640 bits per heavy atom. The van der Waals surface area contributed by atoms with Crippen LogP contribution in [0.5, 0.6) is 0 Å². The number of benzene rings is 4. The van der Waals surface area contributed by atoms with Gasteiger partial charge in [-0.3, -0.25) is 0 Å². The zero-order valence-electron chi connectivity index (χ0n) is 49.0. The van der Waals surface area contributed by atoms with Crippen molar-refractivity contribution >= 4 is 35.3 Å². The van der Waals surface area contributed by atoms with Crippen LogP contribution in [0.4, 0.5) is 0 Å². The van der Waals surface area contributed by atoms with E-state index in [0.29, 0.717) is 75.1 Å². The molecule has 0 saturated carbocycles. The van der Waals surface area contributed by atoms with E-state index in [-0.39, 0.29) is 98.3 Å². The monoisotopic (exact) mass is 1180 g/mol. The molecular formula is C64H70N4O18. The van der Waals surface area contributed by atoms with Crippen LogP contribution in [0.1, 0.15) is 22.3 Å². The van der Waals surface area contributed by atoms with Gasteiger partial charge in [-0.2, -0.15) is 10.2 Å². The normalized spacial score (nSPS) is 17.9. The van der Waals surface area contributed by atoms with Gasteiger partial charge in [0, 0.05) is 26.4 Å². The number of carbonyl (C=O) groups is 4. The Balaban J connectivity index is 1.10. The summed E-state index contributed by atoms with van der Waals surface area (Å²) in [6.07, 6.45) is 3.37. The highest BCUT2D eigenvalue weighted by atomic mass is 16.6. The summed E-state index contributed by atoms with van der Waals surface area (Å²) in [7, 11) is 8.15. The van der Waals surface area contributed by atoms with E-state index in [1.807, 2.05) is 97.1 Å². The average molecular weight is 1180 g/mol. The summed E-state index contributed by atoms with van der Waals surface area (Å²) >= 11 is 0. The highest BCUT2D eigenvalue weighted by Gasteiger charge is 2.68. The third kappa shape index (κ3) is 11.1. The van der Waals surface area contributed by atoms with Crippen LogP contribution in [0.15, 0.2) is 153 Å². The summed E-state index contributed by atoms with van der Waals surface area (Å²) < 4.78 is 80.8. The molecule has 10 rings (SSSR count). The summed E-state index contributed by atoms with van der Waals surface area (Å²) in [6.45, 7) is 4.55. The van der Waals surface area contributed by atoms with Gasteiger partial charge in [0.1, 0.15) is 48.2 Å². The van der Waals surface area contributed by atoms with Gasteiger partial charge in [0.05, 0.1) is 143 Å². The fourth-order valence-corrected chi connectivity index (χ4v) is 12.4. The zero-order valence-corrected chi connectivity index (χ0v) is 49.0. The molecule has 0 bridgehead atoms. The summed E-state index contributed by atoms with van der Waals surface area (Å²) in [5.41, 5.74) is 2.59. The van der Waals surface area contributed by atoms with Crippen molar-refractivity contribution in [1.29, 1.82) is 0 Å². The molecule has 0 saturated heterocycles. The predicted octanol–water partition coefficient (Wildman–Crippen LogP) is 5.42. The number of hydrazone groups is 2. The summed E-state index contributed by atoms with van der Waals surface area (Å²) in [4.78, 5) is 59.2. The molecule has 0 radical (unpaired) electrons. The Kier molecular flexibility index (Phi) is 19.9. The molecule has 0 aromatic heterocycles. The van der Waals surface area contributed by atoms with Gasteiger partial charge in [-0.25, -0.2) is 29.2 Å². The maximum absolute atomic E-state index is 14.9. The fraction of sp³-hybridized carbons (Fsp3) is 0.406. The third-order valence-corrected chi connectivity index (χ3v) is 15.7. The van der Waals surface area contributed by atoms with E-state index in [2.05, 4.69) is 0 Å². The minimum absolute atomic E-state index is 0.0266. The van der Waals surface area contributed by atoms with E-state index >= 15 is 0 Å². The van der Waals surface area contributed by atoms with Crippen molar-refractivity contribution in [3.8, 4) is 22.3 Å². The van der Waals surface area contributed by atoms with E-state index < -0.39 is 46.8 Å². The van der Waals surface area contributed by atoms with Gasteiger partial charge in [0.15, 0.2) is 11.4 Å². The summed E-state index contributed by atoms with van der Waals surface area (Å²) in [6, 6.07) is 28.4. The average Bonchev–Trinajstić information content (AvgIpc) is 1.52. The number of hydrogen-bond acceptors (Lipinski definition) is 22. The third-order valence-electron chi connectivity index (χ3n) is 15.7. The number of esters is 4. The number of fused-ring (bicyclic) bond motifs is 14. The molecule has 454 valence electrons. The minimum atomic E-state index is -1.50. The van der Waals surface area contributed by atoms with E-state index in [0.717, 1.165) is 22.3 Å². The van der Waals surface area contributed by atoms with Crippen LogP contribution in [0.2, 0.25) is 0 Å². The Morgan fingerprint density at radius 3 is 0.919 bits per heavy atom. The Hall–Kier alpha value is -8.06. The Labute approximate surface area is 498 Å². The van der Waals surface area contributed by atoms with E-state index in [4.69, 9.17) is 76.5 Å². The minimum Gasteiger partial charge on any atom is -0.493 e. The van der Waals surface area contributed by atoms with Crippen molar-refractivity contribution in [2.45, 2.75) is 22.9 Å². The summed E-state index contributed by atoms with van der Waals surface area (Å²) in [5.74, 6) is -2.93. The van der Waals surface area contributed by atoms with Gasteiger partial charge in [-0.1, -0.05) is 97.1 Å². The Bertz CT molecular complexity index is 3060. The predicted molar refractivity (Wildman–Crippen MR) is 310 cm³/mol. The van der Waals surface area contributed by atoms with Crippen molar-refractivity contribution in [1.82, 2.24) is 10.0 Å². The van der Waals surface area contributed by atoms with Crippen molar-refractivity contribution < 1.29 is 85.5 Å². The molecule has 0 fully saturated rings. The Morgan fingerprint density at radius 1 is 0.372 bits per heavy atom.